The van der Waals surface area contributed by atoms with Crippen molar-refractivity contribution < 1.29 is 4.43 Å². The first-order valence-electron chi connectivity index (χ1n) is 6.04. The molecule has 0 saturated carbocycles. The Morgan fingerprint density at radius 3 is 2.12 bits per heavy atom. The van der Waals surface area contributed by atoms with Gasteiger partial charge in [-0.2, -0.15) is 0 Å². The molecule has 0 fully saturated rings. The number of hydrogen-bond acceptors (Lipinski definition) is 1. The Morgan fingerprint density at radius 2 is 1.62 bits per heavy atom. The SMILES string of the molecule is CC[Si](CC)(CC)OCc1ccccc1I. The smallest absolute Gasteiger partial charge is 0.192 e. The zero-order valence-electron chi connectivity index (χ0n) is 10.4. The minimum absolute atomic E-state index is 0.793. The Morgan fingerprint density at radius 1 is 1.06 bits per heavy atom. The second-order valence-corrected chi connectivity index (χ2v) is 10.1. The van der Waals surface area contributed by atoms with Crippen LogP contribution in [0.1, 0.15) is 26.3 Å². The molecule has 16 heavy (non-hydrogen) atoms. The van der Waals surface area contributed by atoms with E-state index in [-0.39, 0.29) is 0 Å². The van der Waals surface area contributed by atoms with Crippen LogP contribution in [0.25, 0.3) is 0 Å². The molecule has 0 atom stereocenters. The van der Waals surface area contributed by atoms with Crippen LogP contribution < -0.4 is 0 Å². The lowest BCUT2D eigenvalue weighted by atomic mass is 10.2. The fourth-order valence-electron chi connectivity index (χ4n) is 1.90. The van der Waals surface area contributed by atoms with E-state index in [1.165, 1.54) is 27.3 Å². The molecule has 0 heterocycles. The first kappa shape index (κ1) is 14.2. The van der Waals surface area contributed by atoms with E-state index in [4.69, 9.17) is 4.43 Å². The summed E-state index contributed by atoms with van der Waals surface area (Å²) in [6, 6.07) is 12.2. The first-order valence-corrected chi connectivity index (χ1v) is 9.65. The van der Waals surface area contributed by atoms with Gasteiger partial charge in [0.25, 0.3) is 0 Å². The molecule has 0 saturated heterocycles. The van der Waals surface area contributed by atoms with Crippen molar-refractivity contribution in [2.24, 2.45) is 0 Å². The Bertz CT molecular complexity index is 315. The van der Waals surface area contributed by atoms with Crippen molar-refractivity contribution in [3.63, 3.8) is 0 Å². The van der Waals surface area contributed by atoms with Gasteiger partial charge in [0.05, 0.1) is 6.61 Å². The molecule has 1 rings (SSSR count). The average molecular weight is 348 g/mol. The maximum atomic E-state index is 6.28. The van der Waals surface area contributed by atoms with E-state index in [9.17, 15) is 0 Å². The summed E-state index contributed by atoms with van der Waals surface area (Å²) in [4.78, 5) is 0. The van der Waals surface area contributed by atoms with E-state index in [1.807, 2.05) is 0 Å². The van der Waals surface area contributed by atoms with Gasteiger partial charge in [-0.25, -0.2) is 0 Å². The molecule has 0 amide bonds. The van der Waals surface area contributed by atoms with Gasteiger partial charge in [0, 0.05) is 3.57 Å². The molecule has 0 aliphatic carbocycles. The molecule has 1 nitrogen and oxygen atoms in total. The Labute approximate surface area is 114 Å². The molecule has 0 N–H and O–H groups in total. The molecule has 0 unspecified atom stereocenters. The summed E-state index contributed by atoms with van der Waals surface area (Å²) in [6.45, 7) is 7.61. The molecular formula is C13H21IOSi. The third-order valence-electron chi connectivity index (χ3n) is 3.42. The standard InChI is InChI=1S/C13H21IOSi/c1-4-16(5-2,6-3)15-11-12-9-7-8-10-13(12)14/h7-10H,4-6,11H2,1-3H3. The highest BCUT2D eigenvalue weighted by Crippen LogP contribution is 2.24. The van der Waals surface area contributed by atoms with Crippen molar-refractivity contribution >= 4 is 30.9 Å². The quantitative estimate of drug-likeness (QED) is 0.529. The van der Waals surface area contributed by atoms with Crippen molar-refractivity contribution in [2.45, 2.75) is 45.5 Å². The van der Waals surface area contributed by atoms with E-state index in [0.717, 1.165) is 6.61 Å². The fraction of sp³-hybridized carbons (Fsp3) is 0.538. The maximum absolute atomic E-state index is 6.28. The van der Waals surface area contributed by atoms with Gasteiger partial charge in [0.1, 0.15) is 0 Å². The van der Waals surface area contributed by atoms with Crippen molar-refractivity contribution in [1.29, 1.82) is 0 Å². The average Bonchev–Trinajstić information content (AvgIpc) is 2.34. The molecule has 0 spiro atoms. The highest BCUT2D eigenvalue weighted by molar-refractivity contribution is 14.1. The predicted octanol–water partition coefficient (Wildman–Crippen LogP) is 4.81. The van der Waals surface area contributed by atoms with Crippen LogP contribution in [0.15, 0.2) is 24.3 Å². The molecular weight excluding hydrogens is 327 g/mol. The number of hydrogen-bond donors (Lipinski definition) is 0. The summed E-state index contributed by atoms with van der Waals surface area (Å²) in [5, 5.41) is 0. The van der Waals surface area contributed by atoms with E-state index in [2.05, 4.69) is 67.6 Å². The van der Waals surface area contributed by atoms with Crippen LogP contribution in [0.3, 0.4) is 0 Å². The second kappa shape index (κ2) is 6.76. The van der Waals surface area contributed by atoms with Gasteiger partial charge in [-0.1, -0.05) is 39.0 Å². The Balaban J connectivity index is 2.66. The van der Waals surface area contributed by atoms with Crippen molar-refractivity contribution in [1.82, 2.24) is 0 Å². The van der Waals surface area contributed by atoms with E-state index in [1.54, 1.807) is 0 Å². The molecule has 90 valence electrons. The number of benzene rings is 1. The van der Waals surface area contributed by atoms with Crippen LogP contribution >= 0.6 is 22.6 Å². The largest absolute Gasteiger partial charge is 0.413 e. The van der Waals surface area contributed by atoms with Crippen molar-refractivity contribution in [3.8, 4) is 0 Å². The van der Waals surface area contributed by atoms with Crippen LogP contribution in [-0.4, -0.2) is 8.32 Å². The van der Waals surface area contributed by atoms with Crippen molar-refractivity contribution in [3.05, 3.63) is 33.4 Å². The van der Waals surface area contributed by atoms with Gasteiger partial charge in [-0.3, -0.25) is 0 Å². The summed E-state index contributed by atoms with van der Waals surface area (Å²) in [5.41, 5.74) is 1.33. The second-order valence-electron chi connectivity index (χ2n) is 4.12. The topological polar surface area (TPSA) is 9.23 Å². The van der Waals surface area contributed by atoms with Crippen molar-refractivity contribution in [2.75, 3.05) is 0 Å². The van der Waals surface area contributed by atoms with Gasteiger partial charge >= 0.3 is 0 Å². The minimum atomic E-state index is -1.43. The highest BCUT2D eigenvalue weighted by atomic mass is 127. The summed E-state index contributed by atoms with van der Waals surface area (Å²) in [7, 11) is -1.43. The normalized spacial score (nSPS) is 11.8. The highest BCUT2D eigenvalue weighted by Gasteiger charge is 2.28. The summed E-state index contributed by atoms with van der Waals surface area (Å²) in [6.07, 6.45) is 0. The number of halogens is 1. The van der Waals surface area contributed by atoms with E-state index >= 15 is 0 Å². The molecule has 0 aromatic heterocycles. The zero-order chi connectivity index (χ0) is 12.0. The lowest BCUT2D eigenvalue weighted by Gasteiger charge is -2.28. The van der Waals surface area contributed by atoms with Gasteiger partial charge in [-0.05, 0) is 52.4 Å². The lowest BCUT2D eigenvalue weighted by molar-refractivity contribution is 0.286. The van der Waals surface area contributed by atoms with Gasteiger partial charge in [0.15, 0.2) is 8.32 Å². The summed E-state index contributed by atoms with van der Waals surface area (Å²) in [5.74, 6) is 0. The molecule has 3 heteroatoms. The molecule has 0 bridgehead atoms. The van der Waals surface area contributed by atoms with E-state index < -0.39 is 8.32 Å². The van der Waals surface area contributed by atoms with Crippen LogP contribution in [0.5, 0.6) is 0 Å². The summed E-state index contributed by atoms with van der Waals surface area (Å²) < 4.78 is 7.59. The Hall–Kier alpha value is 0.127. The Kier molecular flexibility index (Phi) is 6.00. The third-order valence-corrected chi connectivity index (χ3v) is 9.10. The van der Waals surface area contributed by atoms with Crippen LogP contribution in [0, 0.1) is 3.57 Å². The number of rotatable bonds is 6. The van der Waals surface area contributed by atoms with Gasteiger partial charge < -0.3 is 4.43 Å². The lowest BCUT2D eigenvalue weighted by Crippen LogP contribution is -2.35. The minimum Gasteiger partial charge on any atom is -0.413 e. The molecule has 0 aliphatic rings. The predicted molar refractivity (Wildman–Crippen MR) is 81.1 cm³/mol. The molecule has 1 aromatic rings. The third kappa shape index (κ3) is 3.57. The maximum Gasteiger partial charge on any atom is 0.192 e. The summed E-state index contributed by atoms with van der Waals surface area (Å²) >= 11 is 2.38. The van der Waals surface area contributed by atoms with E-state index in [0.29, 0.717) is 0 Å². The van der Waals surface area contributed by atoms with Gasteiger partial charge in [-0.15, -0.1) is 0 Å². The van der Waals surface area contributed by atoms with Crippen LogP contribution in [-0.2, 0) is 11.0 Å². The fourth-order valence-corrected chi connectivity index (χ4v) is 5.02. The first-order chi connectivity index (χ1) is 7.67. The van der Waals surface area contributed by atoms with Crippen LogP contribution in [0.4, 0.5) is 0 Å². The molecule has 0 radical (unpaired) electrons. The zero-order valence-corrected chi connectivity index (χ0v) is 13.6. The van der Waals surface area contributed by atoms with Gasteiger partial charge in [0.2, 0.25) is 0 Å². The molecule has 0 aliphatic heterocycles. The monoisotopic (exact) mass is 348 g/mol. The van der Waals surface area contributed by atoms with Crippen LogP contribution in [0.2, 0.25) is 18.1 Å². The molecule has 1 aromatic carbocycles.